The summed E-state index contributed by atoms with van der Waals surface area (Å²) in [5.74, 6) is 0.990. The molecule has 1 heterocycles. The number of aryl methyl sites for hydroxylation is 1. The summed E-state index contributed by atoms with van der Waals surface area (Å²) in [5, 5.41) is 1.35. The van der Waals surface area contributed by atoms with E-state index < -0.39 is 0 Å². The minimum Gasteiger partial charge on any atom is -0.350 e. The van der Waals surface area contributed by atoms with Crippen molar-refractivity contribution in [1.29, 1.82) is 0 Å². The van der Waals surface area contributed by atoms with E-state index in [9.17, 15) is 0 Å². The number of benzene rings is 2. The summed E-state index contributed by atoms with van der Waals surface area (Å²) >= 11 is 5.47. The predicted molar refractivity (Wildman–Crippen MR) is 86.6 cm³/mol. The van der Waals surface area contributed by atoms with Gasteiger partial charge in [0.1, 0.15) is 0 Å². The first-order valence-corrected chi connectivity index (χ1v) is 7.94. The molecular weight excluding hydrogens is 318 g/mol. The second-order valence-corrected chi connectivity index (χ2v) is 6.37. The average Bonchev–Trinajstić information content (AvgIpc) is 2.75. The van der Waals surface area contributed by atoms with Gasteiger partial charge in [0, 0.05) is 39.3 Å². The minimum absolute atomic E-state index is 0.990. The van der Waals surface area contributed by atoms with Gasteiger partial charge in [-0.15, -0.1) is 11.8 Å². The van der Waals surface area contributed by atoms with Crippen molar-refractivity contribution in [3.8, 4) is 0 Å². The number of hydrogen-bond donors (Lipinski definition) is 0. The van der Waals surface area contributed by atoms with Crippen LogP contribution in [0.25, 0.3) is 10.9 Å². The highest BCUT2D eigenvalue weighted by molar-refractivity contribution is 9.10. The smallest absolute Gasteiger partial charge is 0.0480 e. The van der Waals surface area contributed by atoms with Gasteiger partial charge in [0.05, 0.1) is 0 Å². The molecule has 0 amide bonds. The van der Waals surface area contributed by atoms with Gasteiger partial charge >= 0.3 is 0 Å². The molecule has 0 spiro atoms. The minimum atomic E-state index is 0.990. The van der Waals surface area contributed by atoms with Crippen molar-refractivity contribution in [1.82, 2.24) is 4.57 Å². The van der Waals surface area contributed by atoms with Gasteiger partial charge in [0.2, 0.25) is 0 Å². The lowest BCUT2D eigenvalue weighted by Gasteiger charge is -2.03. The molecule has 96 valence electrons. The monoisotopic (exact) mass is 331 g/mol. The van der Waals surface area contributed by atoms with Crippen molar-refractivity contribution >= 4 is 38.6 Å². The van der Waals surface area contributed by atoms with Crippen LogP contribution in [-0.4, -0.2) is 4.57 Å². The third kappa shape index (κ3) is 2.58. The summed E-state index contributed by atoms with van der Waals surface area (Å²) in [4.78, 5) is 1.29. The van der Waals surface area contributed by atoms with Crippen molar-refractivity contribution in [2.24, 2.45) is 7.05 Å². The van der Waals surface area contributed by atoms with Crippen LogP contribution in [0.1, 0.15) is 5.56 Å². The second kappa shape index (κ2) is 5.43. The van der Waals surface area contributed by atoms with Gasteiger partial charge in [-0.2, -0.15) is 0 Å². The van der Waals surface area contributed by atoms with Gasteiger partial charge in [-0.25, -0.2) is 0 Å². The van der Waals surface area contributed by atoms with Crippen LogP contribution < -0.4 is 0 Å². The zero-order chi connectivity index (χ0) is 13.2. The van der Waals surface area contributed by atoms with Crippen LogP contribution in [0.3, 0.4) is 0 Å². The van der Waals surface area contributed by atoms with Gasteiger partial charge in [0.25, 0.3) is 0 Å². The molecule has 0 bridgehead atoms. The lowest BCUT2D eigenvalue weighted by atomic mass is 10.2. The number of rotatable bonds is 3. The fourth-order valence-electron chi connectivity index (χ4n) is 2.26. The maximum atomic E-state index is 3.60. The van der Waals surface area contributed by atoms with Crippen LogP contribution in [0.2, 0.25) is 0 Å². The molecule has 0 aliphatic carbocycles. The van der Waals surface area contributed by atoms with E-state index in [2.05, 4.69) is 76.2 Å². The van der Waals surface area contributed by atoms with E-state index in [4.69, 9.17) is 0 Å². The molecule has 0 aliphatic rings. The summed E-state index contributed by atoms with van der Waals surface area (Å²) in [7, 11) is 2.11. The number of aromatic nitrogens is 1. The summed E-state index contributed by atoms with van der Waals surface area (Å²) in [5.41, 5.74) is 2.68. The largest absolute Gasteiger partial charge is 0.350 e. The molecule has 1 nitrogen and oxygen atoms in total. The molecule has 0 aliphatic heterocycles. The molecule has 0 saturated carbocycles. The molecule has 0 saturated heterocycles. The van der Waals surface area contributed by atoms with Crippen LogP contribution in [0.4, 0.5) is 0 Å². The van der Waals surface area contributed by atoms with Gasteiger partial charge < -0.3 is 4.57 Å². The molecule has 3 heteroatoms. The molecule has 3 aromatic rings. The summed E-state index contributed by atoms with van der Waals surface area (Å²) in [6.45, 7) is 0. The zero-order valence-corrected chi connectivity index (χ0v) is 13.0. The summed E-state index contributed by atoms with van der Waals surface area (Å²) < 4.78 is 3.37. The van der Waals surface area contributed by atoms with Crippen molar-refractivity contribution < 1.29 is 0 Å². The SMILES string of the molecule is Cn1cc(CSc2ccccc2Br)c2ccccc21. The summed E-state index contributed by atoms with van der Waals surface area (Å²) in [6.07, 6.45) is 2.23. The Labute approximate surface area is 125 Å². The van der Waals surface area contributed by atoms with Crippen molar-refractivity contribution in [2.45, 2.75) is 10.6 Å². The number of nitrogens with zero attached hydrogens (tertiary/aromatic N) is 1. The summed E-state index contributed by atoms with van der Waals surface area (Å²) in [6, 6.07) is 16.9. The number of thioether (sulfide) groups is 1. The molecule has 0 fully saturated rings. The maximum Gasteiger partial charge on any atom is 0.0480 e. The van der Waals surface area contributed by atoms with Crippen molar-refractivity contribution in [3.05, 3.63) is 64.8 Å². The molecule has 19 heavy (non-hydrogen) atoms. The number of para-hydroxylation sites is 1. The molecule has 0 radical (unpaired) electrons. The van der Waals surface area contributed by atoms with E-state index in [1.807, 2.05) is 17.8 Å². The van der Waals surface area contributed by atoms with Gasteiger partial charge in [0.15, 0.2) is 0 Å². The van der Waals surface area contributed by atoms with E-state index in [0.717, 1.165) is 5.75 Å². The Morgan fingerprint density at radius 3 is 2.63 bits per heavy atom. The first kappa shape index (κ1) is 12.8. The molecule has 3 rings (SSSR count). The highest BCUT2D eigenvalue weighted by Gasteiger charge is 2.07. The second-order valence-electron chi connectivity index (χ2n) is 4.50. The Morgan fingerprint density at radius 1 is 1.05 bits per heavy atom. The van der Waals surface area contributed by atoms with Gasteiger partial charge in [-0.3, -0.25) is 0 Å². The van der Waals surface area contributed by atoms with Crippen LogP contribution in [0.15, 0.2) is 64.1 Å². The third-order valence-corrected chi connectivity index (χ3v) is 5.28. The average molecular weight is 332 g/mol. The van der Waals surface area contributed by atoms with Crippen molar-refractivity contribution in [2.75, 3.05) is 0 Å². The Balaban J connectivity index is 1.88. The first-order chi connectivity index (χ1) is 9.25. The fourth-order valence-corrected chi connectivity index (χ4v) is 3.81. The Bertz CT molecular complexity index is 718. The first-order valence-electron chi connectivity index (χ1n) is 6.16. The molecular formula is C16H14BrNS. The highest BCUT2D eigenvalue weighted by Crippen LogP contribution is 2.32. The topological polar surface area (TPSA) is 4.93 Å². The Hall–Kier alpha value is -1.19. The van der Waals surface area contributed by atoms with E-state index in [1.165, 1.54) is 25.8 Å². The standard InChI is InChI=1S/C16H14BrNS/c1-18-10-12(13-6-2-4-8-15(13)18)11-19-16-9-5-3-7-14(16)17/h2-10H,11H2,1H3. The Kier molecular flexibility index (Phi) is 3.67. The third-order valence-electron chi connectivity index (χ3n) is 3.20. The highest BCUT2D eigenvalue weighted by atomic mass is 79.9. The van der Waals surface area contributed by atoms with Gasteiger partial charge in [-0.05, 0) is 39.7 Å². The lowest BCUT2D eigenvalue weighted by Crippen LogP contribution is -1.82. The maximum absolute atomic E-state index is 3.60. The zero-order valence-electron chi connectivity index (χ0n) is 10.6. The van der Waals surface area contributed by atoms with Crippen LogP contribution in [0.5, 0.6) is 0 Å². The molecule has 0 atom stereocenters. The van der Waals surface area contributed by atoms with E-state index in [-0.39, 0.29) is 0 Å². The number of hydrogen-bond acceptors (Lipinski definition) is 1. The molecule has 2 aromatic carbocycles. The number of fused-ring (bicyclic) bond motifs is 1. The molecule has 1 aromatic heterocycles. The normalized spacial score (nSPS) is 11.1. The fraction of sp³-hybridized carbons (Fsp3) is 0.125. The van der Waals surface area contributed by atoms with Crippen LogP contribution >= 0.6 is 27.7 Å². The van der Waals surface area contributed by atoms with Gasteiger partial charge in [-0.1, -0.05) is 30.3 Å². The Morgan fingerprint density at radius 2 is 1.79 bits per heavy atom. The van der Waals surface area contributed by atoms with Crippen molar-refractivity contribution in [3.63, 3.8) is 0 Å². The van der Waals surface area contributed by atoms with E-state index >= 15 is 0 Å². The van der Waals surface area contributed by atoms with Crippen LogP contribution in [-0.2, 0) is 12.8 Å². The predicted octanol–water partition coefficient (Wildman–Crippen LogP) is 5.23. The molecule has 0 unspecified atom stereocenters. The van der Waals surface area contributed by atoms with E-state index in [0.29, 0.717) is 0 Å². The lowest BCUT2D eigenvalue weighted by molar-refractivity contribution is 0.963. The molecule has 0 N–H and O–H groups in total. The number of halogens is 1. The quantitative estimate of drug-likeness (QED) is 0.594. The van der Waals surface area contributed by atoms with E-state index in [1.54, 1.807) is 0 Å². The van der Waals surface area contributed by atoms with Crippen LogP contribution in [0, 0.1) is 0 Å².